The molecule has 0 aliphatic rings. The molecule has 0 bridgehead atoms. The van der Waals surface area contributed by atoms with Crippen LogP contribution in [0.25, 0.3) is 11.6 Å². The van der Waals surface area contributed by atoms with Crippen molar-refractivity contribution in [1.29, 1.82) is 0 Å². The maximum atomic E-state index is 12.3. The number of rotatable bonds is 4. The van der Waals surface area contributed by atoms with Crippen molar-refractivity contribution in [3.05, 3.63) is 69.9 Å². The van der Waals surface area contributed by atoms with E-state index in [-0.39, 0.29) is 23.7 Å². The lowest BCUT2D eigenvalue weighted by molar-refractivity contribution is -0.115. The van der Waals surface area contributed by atoms with Crippen LogP contribution in [0.1, 0.15) is 16.8 Å². The number of hydrogen-bond donors (Lipinski definition) is 2. The molecule has 0 aliphatic heterocycles. The van der Waals surface area contributed by atoms with Gasteiger partial charge >= 0.3 is 0 Å². The summed E-state index contributed by atoms with van der Waals surface area (Å²) < 4.78 is 0. The van der Waals surface area contributed by atoms with Gasteiger partial charge in [0.15, 0.2) is 11.6 Å². The summed E-state index contributed by atoms with van der Waals surface area (Å²) in [5.74, 6) is 0.342. The maximum absolute atomic E-state index is 12.3. The van der Waals surface area contributed by atoms with E-state index in [0.717, 1.165) is 5.56 Å². The first-order valence-corrected chi connectivity index (χ1v) is 7.76. The Hall–Kier alpha value is -3.35. The first-order valence-electron chi connectivity index (χ1n) is 7.76. The summed E-state index contributed by atoms with van der Waals surface area (Å²) in [6.45, 7) is 3.63. The largest absolute Gasteiger partial charge is 0.326 e. The highest BCUT2D eigenvalue weighted by Gasteiger charge is 2.14. The SMILES string of the molecule is Cc1cccc(NC(=O)Cc2c(C)nc(-c3ncccn3)[nH]c2=O)c1. The van der Waals surface area contributed by atoms with Gasteiger partial charge in [-0.25, -0.2) is 15.0 Å². The first kappa shape index (κ1) is 16.5. The number of anilines is 1. The lowest BCUT2D eigenvalue weighted by Gasteiger charge is -2.08. The highest BCUT2D eigenvalue weighted by molar-refractivity contribution is 5.92. The van der Waals surface area contributed by atoms with Gasteiger partial charge in [0, 0.05) is 29.3 Å². The topological polar surface area (TPSA) is 101 Å². The molecule has 0 aliphatic carbocycles. The van der Waals surface area contributed by atoms with Gasteiger partial charge in [-0.3, -0.25) is 9.59 Å². The predicted octanol–water partition coefficient (Wildman–Crippen LogP) is 2.02. The van der Waals surface area contributed by atoms with E-state index < -0.39 is 0 Å². The molecule has 0 radical (unpaired) electrons. The summed E-state index contributed by atoms with van der Waals surface area (Å²) in [5, 5.41) is 2.79. The third kappa shape index (κ3) is 3.95. The monoisotopic (exact) mass is 335 g/mol. The van der Waals surface area contributed by atoms with Crippen LogP contribution in [0.2, 0.25) is 0 Å². The van der Waals surface area contributed by atoms with Crippen molar-refractivity contribution >= 4 is 11.6 Å². The molecule has 7 heteroatoms. The van der Waals surface area contributed by atoms with E-state index in [2.05, 4.69) is 25.3 Å². The molecule has 0 saturated heterocycles. The van der Waals surface area contributed by atoms with Crippen molar-refractivity contribution in [2.75, 3.05) is 5.32 Å². The minimum atomic E-state index is -0.366. The van der Waals surface area contributed by atoms with E-state index in [4.69, 9.17) is 0 Å². The highest BCUT2D eigenvalue weighted by Crippen LogP contribution is 2.12. The Labute approximate surface area is 144 Å². The molecule has 0 fully saturated rings. The van der Waals surface area contributed by atoms with Crippen molar-refractivity contribution < 1.29 is 4.79 Å². The number of H-pyrrole nitrogens is 1. The van der Waals surface area contributed by atoms with Crippen LogP contribution in [0.3, 0.4) is 0 Å². The number of amides is 1. The van der Waals surface area contributed by atoms with Gasteiger partial charge in [0.25, 0.3) is 5.56 Å². The molecule has 2 heterocycles. The predicted molar refractivity (Wildman–Crippen MR) is 94.1 cm³/mol. The molecular formula is C18H17N5O2. The minimum Gasteiger partial charge on any atom is -0.326 e. The van der Waals surface area contributed by atoms with Crippen LogP contribution in [-0.4, -0.2) is 25.8 Å². The van der Waals surface area contributed by atoms with E-state index >= 15 is 0 Å². The Bertz CT molecular complexity index is 967. The molecule has 7 nitrogen and oxygen atoms in total. The summed E-state index contributed by atoms with van der Waals surface area (Å²) in [7, 11) is 0. The fourth-order valence-corrected chi connectivity index (χ4v) is 2.43. The van der Waals surface area contributed by atoms with Crippen LogP contribution in [0.5, 0.6) is 0 Å². The molecule has 3 rings (SSSR count). The van der Waals surface area contributed by atoms with Crippen LogP contribution in [0.15, 0.2) is 47.5 Å². The molecule has 2 N–H and O–H groups in total. The summed E-state index contributed by atoms with van der Waals surface area (Å²) >= 11 is 0. The third-order valence-electron chi connectivity index (χ3n) is 3.64. The number of nitrogens with zero attached hydrogens (tertiary/aromatic N) is 3. The summed E-state index contributed by atoms with van der Waals surface area (Å²) in [5.41, 5.74) is 2.17. The van der Waals surface area contributed by atoms with Gasteiger partial charge in [0.2, 0.25) is 5.91 Å². The number of hydrogen-bond acceptors (Lipinski definition) is 5. The van der Waals surface area contributed by atoms with Gasteiger partial charge in [-0.2, -0.15) is 0 Å². The standard InChI is InChI=1S/C18H17N5O2/c1-11-5-3-6-13(9-11)22-15(24)10-14-12(2)21-17(23-18(14)25)16-19-7-4-8-20-16/h3-9H,10H2,1-2H3,(H,22,24)(H,21,23,25). The smallest absolute Gasteiger partial charge is 0.255 e. The van der Waals surface area contributed by atoms with Gasteiger partial charge in [0.1, 0.15) is 0 Å². The van der Waals surface area contributed by atoms with E-state index in [1.807, 2.05) is 25.1 Å². The van der Waals surface area contributed by atoms with Gasteiger partial charge in [-0.1, -0.05) is 12.1 Å². The molecule has 1 aromatic carbocycles. The van der Waals surface area contributed by atoms with Crippen molar-refractivity contribution in [1.82, 2.24) is 19.9 Å². The average Bonchev–Trinajstić information content (AvgIpc) is 2.59. The van der Waals surface area contributed by atoms with Crippen molar-refractivity contribution in [3.8, 4) is 11.6 Å². The second kappa shape index (κ2) is 7.04. The van der Waals surface area contributed by atoms with Crippen LogP contribution in [0.4, 0.5) is 5.69 Å². The number of aryl methyl sites for hydroxylation is 2. The van der Waals surface area contributed by atoms with Crippen molar-refractivity contribution in [3.63, 3.8) is 0 Å². The molecule has 2 aromatic heterocycles. The summed E-state index contributed by atoms with van der Waals surface area (Å²) in [6.07, 6.45) is 3.08. The normalized spacial score (nSPS) is 10.5. The number of aromatic amines is 1. The molecule has 126 valence electrons. The third-order valence-corrected chi connectivity index (χ3v) is 3.64. The Morgan fingerprint density at radius 3 is 2.60 bits per heavy atom. The minimum absolute atomic E-state index is 0.0575. The van der Waals surface area contributed by atoms with Crippen molar-refractivity contribution in [2.24, 2.45) is 0 Å². The van der Waals surface area contributed by atoms with Gasteiger partial charge in [0.05, 0.1) is 6.42 Å². The van der Waals surface area contributed by atoms with Crippen LogP contribution in [0, 0.1) is 13.8 Å². The Balaban J connectivity index is 1.81. The Morgan fingerprint density at radius 2 is 1.92 bits per heavy atom. The lowest BCUT2D eigenvalue weighted by atomic mass is 10.1. The van der Waals surface area contributed by atoms with E-state index in [1.54, 1.807) is 31.5 Å². The average molecular weight is 335 g/mol. The summed E-state index contributed by atoms with van der Waals surface area (Å²) in [6, 6.07) is 9.15. The van der Waals surface area contributed by atoms with Gasteiger partial charge in [-0.15, -0.1) is 0 Å². The zero-order valence-corrected chi connectivity index (χ0v) is 13.9. The molecule has 1 amide bonds. The second-order valence-corrected chi connectivity index (χ2v) is 5.65. The molecular weight excluding hydrogens is 318 g/mol. The second-order valence-electron chi connectivity index (χ2n) is 5.65. The lowest BCUT2D eigenvalue weighted by Crippen LogP contribution is -2.24. The van der Waals surface area contributed by atoms with E-state index in [0.29, 0.717) is 22.8 Å². The first-order chi connectivity index (χ1) is 12.0. The number of carbonyl (C=O) groups is 1. The molecule has 0 unspecified atom stereocenters. The van der Waals surface area contributed by atoms with Crippen molar-refractivity contribution in [2.45, 2.75) is 20.3 Å². The zero-order valence-electron chi connectivity index (χ0n) is 13.9. The number of nitrogens with one attached hydrogen (secondary N) is 2. The maximum Gasteiger partial charge on any atom is 0.255 e. The van der Waals surface area contributed by atoms with Crippen LogP contribution >= 0.6 is 0 Å². The number of aromatic nitrogens is 4. The quantitative estimate of drug-likeness (QED) is 0.760. The number of benzene rings is 1. The Morgan fingerprint density at radius 1 is 1.16 bits per heavy atom. The highest BCUT2D eigenvalue weighted by atomic mass is 16.2. The zero-order chi connectivity index (χ0) is 17.8. The molecule has 25 heavy (non-hydrogen) atoms. The molecule has 0 saturated carbocycles. The Kier molecular flexibility index (Phi) is 4.65. The molecule has 0 atom stereocenters. The van der Waals surface area contributed by atoms with Gasteiger partial charge in [-0.05, 0) is 37.6 Å². The van der Waals surface area contributed by atoms with E-state index in [1.165, 1.54) is 0 Å². The van der Waals surface area contributed by atoms with Gasteiger partial charge < -0.3 is 10.3 Å². The van der Waals surface area contributed by atoms with E-state index in [9.17, 15) is 9.59 Å². The fraction of sp³-hybridized carbons (Fsp3) is 0.167. The molecule has 3 aromatic rings. The van der Waals surface area contributed by atoms with Crippen LogP contribution < -0.4 is 10.9 Å². The molecule has 0 spiro atoms. The summed E-state index contributed by atoms with van der Waals surface area (Å²) in [4.78, 5) is 39.7. The van der Waals surface area contributed by atoms with Crippen LogP contribution in [-0.2, 0) is 11.2 Å². The fourth-order valence-electron chi connectivity index (χ4n) is 2.43. The number of carbonyl (C=O) groups excluding carboxylic acids is 1.